The zero-order chi connectivity index (χ0) is 39.7. The summed E-state index contributed by atoms with van der Waals surface area (Å²) >= 11 is 6.58. The Bertz CT molecular complexity index is 2120. The molecular weight excluding hydrogens is 744 g/mol. The molecule has 3 amide bonds. The number of nitrogens with one attached hydrogen (secondary N) is 3. The fraction of sp³-hybridized carbons (Fsp3) is 0.475. The number of piperidine rings is 1. The predicted molar refractivity (Wildman–Crippen MR) is 207 cm³/mol. The number of quaternary nitrogens is 1. The number of hydrogen-bond acceptors (Lipinski definition) is 6. The van der Waals surface area contributed by atoms with Crippen molar-refractivity contribution < 1.29 is 37.1 Å². The zero-order valence-electron chi connectivity index (χ0n) is 32.3. The van der Waals surface area contributed by atoms with Crippen LogP contribution < -0.4 is 15.3 Å². The van der Waals surface area contributed by atoms with Crippen LogP contribution in [-0.2, 0) is 23.1 Å². The molecule has 56 heavy (non-hydrogen) atoms. The molecule has 0 spiro atoms. The topological polar surface area (TPSA) is 128 Å². The predicted octanol–water partition coefficient (Wildman–Crippen LogP) is 3.87. The Morgan fingerprint density at radius 2 is 1.70 bits per heavy atom. The molecule has 0 unspecified atom stereocenters. The summed E-state index contributed by atoms with van der Waals surface area (Å²) in [4.78, 5) is 48.0. The average molecular weight is 794 g/mol. The van der Waals surface area contributed by atoms with Crippen LogP contribution in [0.4, 0.5) is 14.5 Å². The van der Waals surface area contributed by atoms with Gasteiger partial charge in [0.05, 0.1) is 60.4 Å². The third-order valence-corrected chi connectivity index (χ3v) is 12.0. The Kier molecular flexibility index (Phi) is 11.6. The SMILES string of the molecule is COCC[n+]1cc(-c2ccc(-c3cnc(C(=O)Nc4ccc(C(=O)N5CCN(C(=O)C6CC[N+](C)(CC7CNC7)CC6)CC5)c(Cl)c4)n3C)c(F)c2F)c(C)[nH]1. The second-order valence-electron chi connectivity index (χ2n) is 15.6. The summed E-state index contributed by atoms with van der Waals surface area (Å²) in [7, 11) is 5.44. The molecule has 0 atom stereocenters. The molecule has 5 heterocycles. The number of hydrogen-bond donors (Lipinski definition) is 3. The number of carbonyl (C=O) groups is 3. The van der Waals surface area contributed by atoms with Gasteiger partial charge in [0, 0.05) is 94.9 Å². The molecule has 0 radical (unpaired) electrons. The highest BCUT2D eigenvalue weighted by molar-refractivity contribution is 6.34. The minimum Gasteiger partial charge on any atom is -0.378 e. The van der Waals surface area contributed by atoms with Crippen LogP contribution >= 0.6 is 11.6 Å². The second-order valence-corrected chi connectivity index (χ2v) is 16.0. The van der Waals surface area contributed by atoms with E-state index in [-0.39, 0.29) is 51.0 Å². The number of anilines is 1. The number of amides is 3. The molecule has 0 aliphatic carbocycles. The quantitative estimate of drug-likeness (QED) is 0.156. The molecule has 16 heteroatoms. The van der Waals surface area contributed by atoms with E-state index in [1.807, 2.05) is 4.90 Å². The minimum atomic E-state index is -1.06. The van der Waals surface area contributed by atoms with E-state index in [1.54, 1.807) is 49.0 Å². The lowest BCUT2D eigenvalue weighted by Gasteiger charge is -2.45. The number of ether oxygens (including phenoxy) is 1. The Morgan fingerprint density at radius 3 is 2.36 bits per heavy atom. The van der Waals surface area contributed by atoms with E-state index in [0.717, 1.165) is 49.4 Å². The fourth-order valence-corrected chi connectivity index (χ4v) is 8.46. The van der Waals surface area contributed by atoms with Crippen molar-refractivity contribution in [2.45, 2.75) is 26.3 Å². The van der Waals surface area contributed by atoms with E-state index in [4.69, 9.17) is 16.3 Å². The Hall–Kier alpha value is -4.70. The normalized spacial score (nSPS) is 20.2. The first-order valence-corrected chi connectivity index (χ1v) is 19.5. The molecule has 298 valence electrons. The van der Waals surface area contributed by atoms with Gasteiger partial charge in [-0.2, -0.15) is 5.10 Å². The minimum absolute atomic E-state index is 0.0349. The van der Waals surface area contributed by atoms with E-state index in [9.17, 15) is 14.4 Å². The Labute approximate surface area is 330 Å². The molecular formula is C40H50ClF2N9O4+2. The van der Waals surface area contributed by atoms with Crippen molar-refractivity contribution in [2.75, 3.05) is 85.0 Å². The summed E-state index contributed by atoms with van der Waals surface area (Å²) < 4.78 is 40.3. The highest BCUT2D eigenvalue weighted by Crippen LogP contribution is 2.33. The molecule has 3 saturated heterocycles. The molecule has 13 nitrogen and oxygen atoms in total. The van der Waals surface area contributed by atoms with Crippen LogP contribution in [-0.4, -0.2) is 126 Å². The molecule has 2 aromatic heterocycles. The molecule has 7 rings (SSSR count). The number of likely N-dealkylation sites (tertiary alicyclic amines) is 1. The van der Waals surface area contributed by atoms with Crippen LogP contribution in [0, 0.1) is 30.4 Å². The first kappa shape index (κ1) is 39.5. The molecule has 3 aliphatic heterocycles. The first-order valence-electron chi connectivity index (χ1n) is 19.2. The van der Waals surface area contributed by atoms with E-state index >= 15 is 8.78 Å². The van der Waals surface area contributed by atoms with Crippen LogP contribution in [0.2, 0.25) is 5.02 Å². The summed E-state index contributed by atoms with van der Waals surface area (Å²) in [5, 5.41) is 9.36. The lowest BCUT2D eigenvalue weighted by molar-refractivity contribution is -0.918. The third kappa shape index (κ3) is 8.08. The second kappa shape index (κ2) is 16.4. The Morgan fingerprint density at radius 1 is 1.02 bits per heavy atom. The van der Waals surface area contributed by atoms with Gasteiger partial charge >= 0.3 is 0 Å². The van der Waals surface area contributed by atoms with Gasteiger partial charge < -0.3 is 34.2 Å². The van der Waals surface area contributed by atoms with E-state index in [1.165, 1.54) is 35.5 Å². The Balaban J connectivity index is 0.944. The van der Waals surface area contributed by atoms with Crippen molar-refractivity contribution in [1.29, 1.82) is 0 Å². The van der Waals surface area contributed by atoms with Crippen molar-refractivity contribution in [1.82, 2.24) is 29.8 Å². The van der Waals surface area contributed by atoms with Gasteiger partial charge in [-0.1, -0.05) is 17.7 Å². The van der Waals surface area contributed by atoms with Gasteiger partial charge in [0.15, 0.2) is 24.0 Å². The summed E-state index contributed by atoms with van der Waals surface area (Å²) in [6, 6.07) is 7.59. The summed E-state index contributed by atoms with van der Waals surface area (Å²) in [5.41, 5.74) is 2.06. The molecule has 3 fully saturated rings. The van der Waals surface area contributed by atoms with Crippen molar-refractivity contribution in [3.8, 4) is 22.4 Å². The van der Waals surface area contributed by atoms with Gasteiger partial charge in [0.1, 0.15) is 6.61 Å². The number of aromatic amines is 1. The summed E-state index contributed by atoms with van der Waals surface area (Å²) in [5.74, 6) is -2.01. The number of halogens is 3. The number of carbonyl (C=O) groups excluding carboxylic acids is 3. The van der Waals surface area contributed by atoms with E-state index < -0.39 is 17.5 Å². The van der Waals surface area contributed by atoms with E-state index in [2.05, 4.69) is 27.8 Å². The van der Waals surface area contributed by atoms with Gasteiger partial charge in [-0.3, -0.25) is 14.4 Å². The lowest BCUT2D eigenvalue weighted by Crippen LogP contribution is -2.59. The van der Waals surface area contributed by atoms with Crippen LogP contribution in [0.5, 0.6) is 0 Å². The molecule has 4 aromatic rings. The van der Waals surface area contributed by atoms with Crippen LogP contribution in [0.15, 0.2) is 42.7 Å². The summed E-state index contributed by atoms with van der Waals surface area (Å²) in [6.45, 7) is 9.91. The van der Waals surface area contributed by atoms with Crippen molar-refractivity contribution >= 4 is 35.0 Å². The summed E-state index contributed by atoms with van der Waals surface area (Å²) in [6.07, 6.45) is 4.81. The maximum Gasteiger partial charge on any atom is 0.291 e. The van der Waals surface area contributed by atoms with Crippen molar-refractivity contribution in [3.63, 3.8) is 0 Å². The number of benzene rings is 2. The maximum absolute atomic E-state index is 15.6. The van der Waals surface area contributed by atoms with Crippen LogP contribution in [0.25, 0.3) is 22.4 Å². The maximum atomic E-state index is 15.6. The lowest BCUT2D eigenvalue weighted by atomic mass is 9.91. The van der Waals surface area contributed by atoms with E-state index in [0.29, 0.717) is 56.3 Å². The van der Waals surface area contributed by atoms with Gasteiger partial charge in [-0.25, -0.2) is 13.8 Å². The monoisotopic (exact) mass is 793 g/mol. The van der Waals surface area contributed by atoms with Crippen LogP contribution in [0.1, 0.15) is 39.5 Å². The number of rotatable bonds is 11. The molecule has 3 aliphatic rings. The highest BCUT2D eigenvalue weighted by Gasteiger charge is 2.38. The standard InChI is InChI=1S/C40H48ClF2N9O4/c1-25-32(23-51(47-25)15-18-56-4)29-7-8-31(36(43)35(29)42)34-22-45-37(48(34)2)38(53)46-28-5-6-30(33(41)19-28)40(55)50-13-11-49(12-14-50)39(54)27-9-16-52(3,17-10-27)24-26-20-44-21-26/h5-8,19,22-23,26-27,44H,9-18,20-21,24H2,1-4H3/p+2. The van der Waals surface area contributed by atoms with Crippen LogP contribution in [0.3, 0.4) is 0 Å². The number of nitrogens with zero attached hydrogens (tertiary/aromatic N) is 6. The van der Waals surface area contributed by atoms with Gasteiger partial charge in [0.25, 0.3) is 11.8 Å². The van der Waals surface area contributed by atoms with Gasteiger partial charge in [-0.15, -0.1) is 4.68 Å². The van der Waals surface area contributed by atoms with Gasteiger partial charge in [-0.05, 0) is 31.2 Å². The molecule has 0 saturated carbocycles. The number of aryl methyl sites for hydroxylation is 1. The first-order chi connectivity index (χ1) is 26.9. The number of H-pyrrole nitrogens is 1. The smallest absolute Gasteiger partial charge is 0.291 e. The molecule has 2 aromatic carbocycles. The zero-order valence-corrected chi connectivity index (χ0v) is 33.1. The molecule has 0 bridgehead atoms. The molecule has 3 N–H and O–H groups in total. The third-order valence-electron chi connectivity index (χ3n) is 11.7. The number of imidazole rings is 1. The average Bonchev–Trinajstić information content (AvgIpc) is 3.74. The number of aromatic nitrogens is 4. The largest absolute Gasteiger partial charge is 0.378 e. The highest BCUT2D eigenvalue weighted by atomic mass is 35.5. The fourth-order valence-electron chi connectivity index (χ4n) is 8.20. The van der Waals surface area contributed by atoms with Crippen molar-refractivity contribution in [2.24, 2.45) is 18.9 Å². The number of methoxy groups -OCH3 is 1. The van der Waals surface area contributed by atoms with Crippen molar-refractivity contribution in [3.05, 3.63) is 76.5 Å². The van der Waals surface area contributed by atoms with Gasteiger partial charge in [0.2, 0.25) is 12.1 Å². The number of piperazine rings is 1.